The Labute approximate surface area is 125 Å². The highest BCUT2D eigenvalue weighted by Gasteiger charge is 2.29. The molecule has 0 heterocycles. The topological polar surface area (TPSA) is 70.0 Å². The number of sulfonamides is 1. The van der Waals surface area contributed by atoms with Crippen molar-refractivity contribution in [3.8, 4) is 6.07 Å². The van der Waals surface area contributed by atoms with Gasteiger partial charge >= 0.3 is 0 Å². The second-order valence-corrected chi connectivity index (χ2v) is 7.22. The molecule has 0 amide bonds. The Hall–Kier alpha value is -1.45. The molecule has 4 nitrogen and oxygen atoms in total. The van der Waals surface area contributed by atoms with E-state index in [1.807, 2.05) is 6.07 Å². The van der Waals surface area contributed by atoms with E-state index in [4.69, 9.17) is 0 Å². The van der Waals surface area contributed by atoms with Crippen molar-refractivity contribution in [2.24, 2.45) is 5.92 Å². The van der Waals surface area contributed by atoms with Crippen molar-refractivity contribution in [2.75, 3.05) is 0 Å². The van der Waals surface area contributed by atoms with Gasteiger partial charge in [0.25, 0.3) is 0 Å². The predicted octanol–water partition coefficient (Wildman–Crippen LogP) is 2.88. The lowest BCUT2D eigenvalue weighted by atomic mass is 9.85. The maximum absolute atomic E-state index is 13.3. The van der Waals surface area contributed by atoms with Gasteiger partial charge in [0.2, 0.25) is 10.0 Å². The van der Waals surface area contributed by atoms with Gasteiger partial charge in [-0.3, -0.25) is 0 Å². The minimum Gasteiger partial charge on any atom is -0.207 e. The molecule has 1 N–H and O–H groups in total. The third kappa shape index (κ3) is 3.80. The number of nitrogens with one attached hydrogen (secondary N) is 1. The molecule has 1 unspecified atom stereocenters. The largest absolute Gasteiger partial charge is 0.242 e. The van der Waals surface area contributed by atoms with Crippen LogP contribution in [0, 0.1) is 30.0 Å². The fraction of sp³-hybridized carbons (Fsp3) is 0.533. The van der Waals surface area contributed by atoms with Gasteiger partial charge in [0.05, 0.1) is 11.0 Å². The van der Waals surface area contributed by atoms with Crippen molar-refractivity contribution in [1.82, 2.24) is 4.72 Å². The quantitative estimate of drug-likeness (QED) is 0.929. The molecular weight excluding hydrogens is 291 g/mol. The van der Waals surface area contributed by atoms with Crippen molar-refractivity contribution >= 4 is 10.0 Å². The summed E-state index contributed by atoms with van der Waals surface area (Å²) in [6, 6.07) is 4.93. The molecule has 0 spiro atoms. The van der Waals surface area contributed by atoms with E-state index in [9.17, 15) is 18.1 Å². The maximum atomic E-state index is 13.3. The molecule has 0 radical (unpaired) electrons. The lowest BCUT2D eigenvalue weighted by Crippen LogP contribution is -2.40. The number of nitrogens with zero attached hydrogens (tertiary/aromatic N) is 1. The molecule has 2 rings (SSSR count). The Kier molecular flexibility index (Phi) is 4.96. The summed E-state index contributed by atoms with van der Waals surface area (Å²) in [7, 11) is -3.89. The van der Waals surface area contributed by atoms with Gasteiger partial charge in [0.15, 0.2) is 0 Å². The normalized spacial score (nSPS) is 18.1. The van der Waals surface area contributed by atoms with Crippen molar-refractivity contribution in [3.63, 3.8) is 0 Å². The van der Waals surface area contributed by atoms with E-state index >= 15 is 0 Å². The van der Waals surface area contributed by atoms with E-state index in [2.05, 4.69) is 4.72 Å². The number of hydrogen-bond donors (Lipinski definition) is 1. The molecule has 114 valence electrons. The van der Waals surface area contributed by atoms with Gasteiger partial charge < -0.3 is 0 Å². The fourth-order valence-electron chi connectivity index (χ4n) is 2.79. The number of aryl methyl sites for hydroxylation is 1. The zero-order valence-corrected chi connectivity index (χ0v) is 12.8. The Morgan fingerprint density at radius 1 is 1.33 bits per heavy atom. The summed E-state index contributed by atoms with van der Waals surface area (Å²) in [6.45, 7) is 1.61. The number of nitriles is 1. The average molecular weight is 310 g/mol. The Morgan fingerprint density at radius 2 is 2.00 bits per heavy atom. The zero-order chi connectivity index (χ0) is 15.5. The van der Waals surface area contributed by atoms with Crippen LogP contribution in [-0.2, 0) is 10.0 Å². The third-order valence-corrected chi connectivity index (χ3v) is 5.57. The number of benzene rings is 1. The van der Waals surface area contributed by atoms with Crippen LogP contribution in [-0.4, -0.2) is 14.5 Å². The Balaban J connectivity index is 2.23. The first-order valence-electron chi connectivity index (χ1n) is 7.12. The van der Waals surface area contributed by atoms with Crippen molar-refractivity contribution in [2.45, 2.75) is 50.0 Å². The molecule has 0 bridgehead atoms. The summed E-state index contributed by atoms with van der Waals surface area (Å²) in [5.74, 6) is -0.570. The van der Waals surface area contributed by atoms with Crippen LogP contribution in [0.2, 0.25) is 0 Å². The van der Waals surface area contributed by atoms with E-state index in [-0.39, 0.29) is 10.8 Å². The molecule has 1 fully saturated rings. The van der Waals surface area contributed by atoms with Gasteiger partial charge in [0.1, 0.15) is 11.9 Å². The standard InChI is InChI=1S/C15H19FN2O2S/c1-11-7-8-13(16)9-15(11)21(19,20)18-14(10-17)12-5-3-2-4-6-12/h7-9,12,14,18H,2-6H2,1H3. The third-order valence-electron chi connectivity index (χ3n) is 3.98. The summed E-state index contributed by atoms with van der Waals surface area (Å²) in [5.41, 5.74) is 0.462. The van der Waals surface area contributed by atoms with Gasteiger partial charge in [-0.1, -0.05) is 25.3 Å². The number of rotatable bonds is 4. The second-order valence-electron chi connectivity index (χ2n) is 5.54. The molecule has 0 aliphatic heterocycles. The van der Waals surface area contributed by atoms with E-state index in [1.54, 1.807) is 6.92 Å². The van der Waals surface area contributed by atoms with Crippen LogP contribution in [0.15, 0.2) is 23.1 Å². The minimum atomic E-state index is -3.89. The van der Waals surface area contributed by atoms with Crippen LogP contribution in [0.5, 0.6) is 0 Å². The highest BCUT2D eigenvalue weighted by molar-refractivity contribution is 7.89. The molecule has 1 aliphatic rings. The highest BCUT2D eigenvalue weighted by Crippen LogP contribution is 2.27. The first-order valence-corrected chi connectivity index (χ1v) is 8.60. The molecule has 1 aromatic carbocycles. The van der Waals surface area contributed by atoms with E-state index in [1.165, 1.54) is 12.1 Å². The van der Waals surface area contributed by atoms with E-state index in [0.717, 1.165) is 38.2 Å². The number of hydrogen-bond acceptors (Lipinski definition) is 3. The van der Waals surface area contributed by atoms with Crippen molar-refractivity contribution in [3.05, 3.63) is 29.6 Å². The first-order chi connectivity index (χ1) is 9.94. The Bertz CT molecular complexity index is 646. The Morgan fingerprint density at radius 3 is 2.62 bits per heavy atom. The molecule has 6 heteroatoms. The fourth-order valence-corrected chi connectivity index (χ4v) is 4.26. The lowest BCUT2D eigenvalue weighted by molar-refractivity contribution is 0.324. The van der Waals surface area contributed by atoms with Crippen LogP contribution in [0.25, 0.3) is 0 Å². The van der Waals surface area contributed by atoms with Gasteiger partial charge in [-0.15, -0.1) is 0 Å². The van der Waals surface area contributed by atoms with Gasteiger partial charge in [-0.05, 0) is 43.4 Å². The molecule has 21 heavy (non-hydrogen) atoms. The summed E-state index contributed by atoms with van der Waals surface area (Å²) in [6.07, 6.45) is 4.86. The molecular formula is C15H19FN2O2S. The molecule has 0 aromatic heterocycles. The molecule has 0 saturated heterocycles. The molecule has 1 saturated carbocycles. The van der Waals surface area contributed by atoms with Crippen molar-refractivity contribution < 1.29 is 12.8 Å². The molecule has 1 atom stereocenters. The van der Waals surface area contributed by atoms with E-state index in [0.29, 0.717) is 5.56 Å². The smallest absolute Gasteiger partial charge is 0.207 e. The lowest BCUT2D eigenvalue weighted by Gasteiger charge is -2.26. The van der Waals surface area contributed by atoms with Gasteiger partial charge in [0, 0.05) is 0 Å². The zero-order valence-electron chi connectivity index (χ0n) is 12.0. The maximum Gasteiger partial charge on any atom is 0.242 e. The van der Waals surface area contributed by atoms with Crippen LogP contribution in [0.3, 0.4) is 0 Å². The van der Waals surface area contributed by atoms with Crippen LogP contribution < -0.4 is 4.72 Å². The predicted molar refractivity (Wildman–Crippen MR) is 77.4 cm³/mol. The van der Waals surface area contributed by atoms with Crippen LogP contribution in [0.1, 0.15) is 37.7 Å². The first kappa shape index (κ1) is 15.9. The van der Waals surface area contributed by atoms with Crippen LogP contribution in [0.4, 0.5) is 4.39 Å². The minimum absolute atomic E-state index is 0.0346. The summed E-state index contributed by atoms with van der Waals surface area (Å²) in [5, 5.41) is 9.26. The monoisotopic (exact) mass is 310 g/mol. The van der Waals surface area contributed by atoms with Crippen molar-refractivity contribution in [1.29, 1.82) is 5.26 Å². The van der Waals surface area contributed by atoms with Crippen LogP contribution >= 0.6 is 0 Å². The summed E-state index contributed by atoms with van der Waals surface area (Å²) < 4.78 is 40.5. The summed E-state index contributed by atoms with van der Waals surface area (Å²) in [4.78, 5) is -0.0986. The summed E-state index contributed by atoms with van der Waals surface area (Å²) >= 11 is 0. The van der Waals surface area contributed by atoms with E-state index < -0.39 is 21.9 Å². The van der Waals surface area contributed by atoms with Gasteiger partial charge in [-0.2, -0.15) is 9.98 Å². The molecule has 1 aromatic rings. The highest BCUT2D eigenvalue weighted by atomic mass is 32.2. The average Bonchev–Trinajstić information content (AvgIpc) is 2.48. The number of halogens is 1. The SMILES string of the molecule is Cc1ccc(F)cc1S(=O)(=O)NC(C#N)C1CCCCC1. The molecule has 1 aliphatic carbocycles. The van der Waals surface area contributed by atoms with Gasteiger partial charge in [-0.25, -0.2) is 12.8 Å². The second kappa shape index (κ2) is 6.54.